The zero-order valence-electron chi connectivity index (χ0n) is 42.8. The molecule has 0 spiro atoms. The molecule has 0 aliphatic heterocycles. The van der Waals surface area contributed by atoms with Gasteiger partial charge in [0, 0.05) is 25.9 Å². The van der Waals surface area contributed by atoms with E-state index in [1.54, 1.807) is 0 Å². The van der Waals surface area contributed by atoms with E-state index in [9.17, 15) is 30.0 Å². The number of aliphatic hydroxyl groups excluding tert-OH is 4. The highest BCUT2D eigenvalue weighted by Gasteiger charge is 2.65. The summed E-state index contributed by atoms with van der Waals surface area (Å²) >= 11 is 0. The Morgan fingerprint density at radius 3 is 1.36 bits per heavy atom. The molecule has 0 aromatic heterocycles. The first-order valence-corrected chi connectivity index (χ1v) is 28.5. The number of amides is 2. The molecule has 0 unspecified atom stereocenters. The Morgan fingerprint density at radius 1 is 0.500 bits per heavy atom. The van der Waals surface area contributed by atoms with Gasteiger partial charge in [0.05, 0.1) is 24.4 Å². The van der Waals surface area contributed by atoms with E-state index in [2.05, 4.69) is 57.5 Å². The standard InChI is InChI=1S/C57H99N3O6/c1-36(44-18-20-46-42-16-14-38-32-40(61)24-26-54(38,3)48(42)34-50(63)56(44,46)5)12-22-52(65)59-30-9-7-8-28-58-29-10-11-31-60-53(66)23-13-37(2)45-19-21-47-43-17-15-39-33-41(62)25-27-55(39,4)49(43)35-51(64)57(45,47)6/h36-51,58,61-64H,7-35H2,1-6H3,(H,59,65)(H,60,66)/t36-,37-,38-,39-,40-,41-,42+,43+,44-,45-,46+,47+,48+,49+,50+,51+,54+,55+,56-,57-/m1/s1. The average molecular weight is 922 g/mol. The van der Waals surface area contributed by atoms with Crippen LogP contribution in [-0.2, 0) is 9.59 Å². The van der Waals surface area contributed by atoms with Crippen molar-refractivity contribution in [3.05, 3.63) is 0 Å². The first-order valence-electron chi connectivity index (χ1n) is 28.5. The fraction of sp³-hybridized carbons (Fsp3) is 0.965. The second kappa shape index (κ2) is 21.2. The average Bonchev–Trinajstić information content (AvgIpc) is 3.85. The normalized spacial score (nSPS) is 45.8. The van der Waals surface area contributed by atoms with Gasteiger partial charge in [-0.3, -0.25) is 9.59 Å². The highest BCUT2D eigenvalue weighted by atomic mass is 16.3. The molecule has 0 heterocycles. The summed E-state index contributed by atoms with van der Waals surface area (Å²) in [7, 11) is 0. The van der Waals surface area contributed by atoms with E-state index in [4.69, 9.17) is 0 Å². The number of rotatable bonds is 19. The van der Waals surface area contributed by atoms with Gasteiger partial charge in [0.25, 0.3) is 0 Å². The minimum absolute atomic E-state index is 0.0520. The molecule has 8 aliphatic rings. The minimum Gasteiger partial charge on any atom is -0.393 e. The molecular formula is C57H99N3O6. The van der Waals surface area contributed by atoms with Crippen LogP contribution in [0.5, 0.6) is 0 Å². The maximum Gasteiger partial charge on any atom is 0.220 e. The van der Waals surface area contributed by atoms with Gasteiger partial charge in [0.2, 0.25) is 11.8 Å². The lowest BCUT2D eigenvalue weighted by Gasteiger charge is -2.62. The van der Waals surface area contributed by atoms with Gasteiger partial charge in [-0.25, -0.2) is 0 Å². The summed E-state index contributed by atoms with van der Waals surface area (Å²) in [4.78, 5) is 25.8. The number of hydrogen-bond donors (Lipinski definition) is 7. The Kier molecular flexibility index (Phi) is 16.4. The molecular weight excluding hydrogens is 823 g/mol. The molecule has 8 rings (SSSR count). The molecule has 20 atom stereocenters. The highest BCUT2D eigenvalue weighted by molar-refractivity contribution is 5.76. The van der Waals surface area contributed by atoms with Crippen molar-refractivity contribution in [3.63, 3.8) is 0 Å². The van der Waals surface area contributed by atoms with Crippen LogP contribution >= 0.6 is 0 Å². The monoisotopic (exact) mass is 922 g/mol. The van der Waals surface area contributed by atoms with Crippen LogP contribution in [0.3, 0.4) is 0 Å². The maximum atomic E-state index is 12.9. The summed E-state index contributed by atoms with van der Waals surface area (Å²) in [6.45, 7) is 17.9. The molecule has 0 aromatic rings. The highest BCUT2D eigenvalue weighted by Crippen LogP contribution is 2.70. The van der Waals surface area contributed by atoms with Crippen molar-refractivity contribution in [1.82, 2.24) is 16.0 Å². The lowest BCUT2D eigenvalue weighted by molar-refractivity contribution is -0.175. The third-order valence-electron chi connectivity index (χ3n) is 23.1. The number of aliphatic hydroxyl groups is 4. The fourth-order valence-electron chi connectivity index (χ4n) is 19.1. The fourth-order valence-corrected chi connectivity index (χ4v) is 19.1. The van der Waals surface area contributed by atoms with Crippen LogP contribution in [0.15, 0.2) is 0 Å². The first kappa shape index (κ1) is 51.1. The molecule has 8 aliphatic carbocycles. The molecule has 0 saturated heterocycles. The summed E-state index contributed by atoms with van der Waals surface area (Å²) in [6.07, 6.45) is 24.9. The zero-order valence-corrected chi connectivity index (χ0v) is 42.8. The van der Waals surface area contributed by atoms with E-state index in [1.165, 1.54) is 51.4 Å². The molecule has 8 fully saturated rings. The van der Waals surface area contributed by atoms with Gasteiger partial charge in [-0.05, 0) is 247 Å². The number of hydrogen-bond acceptors (Lipinski definition) is 7. The van der Waals surface area contributed by atoms with Crippen molar-refractivity contribution in [2.75, 3.05) is 26.2 Å². The molecule has 66 heavy (non-hydrogen) atoms. The molecule has 7 N–H and O–H groups in total. The third-order valence-corrected chi connectivity index (χ3v) is 23.1. The number of carbonyl (C=O) groups excluding carboxylic acids is 2. The van der Waals surface area contributed by atoms with E-state index >= 15 is 0 Å². The van der Waals surface area contributed by atoms with Crippen molar-refractivity contribution in [2.24, 2.45) is 92.7 Å². The van der Waals surface area contributed by atoms with Crippen LogP contribution in [0.1, 0.15) is 202 Å². The Labute approximate surface area is 401 Å². The number of unbranched alkanes of at least 4 members (excludes halogenated alkanes) is 3. The second-order valence-corrected chi connectivity index (χ2v) is 26.0. The van der Waals surface area contributed by atoms with Crippen molar-refractivity contribution in [2.45, 2.75) is 226 Å². The van der Waals surface area contributed by atoms with Crippen LogP contribution in [-0.4, -0.2) is 82.8 Å². The van der Waals surface area contributed by atoms with Crippen LogP contribution in [0.25, 0.3) is 0 Å². The summed E-state index contributed by atoms with van der Waals surface area (Å²) in [5.41, 5.74) is 0.419. The van der Waals surface area contributed by atoms with Crippen molar-refractivity contribution in [1.29, 1.82) is 0 Å². The Morgan fingerprint density at radius 2 is 0.909 bits per heavy atom. The van der Waals surface area contributed by atoms with Crippen LogP contribution in [0.2, 0.25) is 0 Å². The van der Waals surface area contributed by atoms with Crippen molar-refractivity contribution in [3.8, 4) is 0 Å². The lowest BCUT2D eigenvalue weighted by atomic mass is 9.43. The van der Waals surface area contributed by atoms with Crippen LogP contribution < -0.4 is 16.0 Å². The largest absolute Gasteiger partial charge is 0.393 e. The quantitative estimate of drug-likeness (QED) is 0.0638. The maximum absolute atomic E-state index is 12.9. The molecule has 0 aromatic carbocycles. The number of nitrogens with one attached hydrogen (secondary N) is 3. The van der Waals surface area contributed by atoms with E-state index in [0.717, 1.165) is 122 Å². The van der Waals surface area contributed by atoms with E-state index in [0.29, 0.717) is 83.9 Å². The first-order chi connectivity index (χ1) is 31.5. The van der Waals surface area contributed by atoms with Gasteiger partial charge in [-0.15, -0.1) is 0 Å². The van der Waals surface area contributed by atoms with Gasteiger partial charge in [-0.2, -0.15) is 0 Å². The molecule has 8 saturated carbocycles. The van der Waals surface area contributed by atoms with Gasteiger partial charge in [0.15, 0.2) is 0 Å². The molecule has 378 valence electrons. The van der Waals surface area contributed by atoms with Crippen LogP contribution in [0, 0.1) is 92.7 Å². The summed E-state index contributed by atoms with van der Waals surface area (Å²) in [5, 5.41) is 54.6. The Bertz CT molecular complexity index is 1510. The number of fused-ring (bicyclic) bond motifs is 10. The summed E-state index contributed by atoms with van der Waals surface area (Å²) in [5.74, 6) is 7.04. The summed E-state index contributed by atoms with van der Waals surface area (Å²) < 4.78 is 0. The minimum atomic E-state index is -0.271. The molecule has 9 nitrogen and oxygen atoms in total. The third kappa shape index (κ3) is 9.86. The molecule has 0 bridgehead atoms. The van der Waals surface area contributed by atoms with Crippen LogP contribution in [0.4, 0.5) is 0 Å². The molecule has 0 radical (unpaired) electrons. The lowest BCUT2D eigenvalue weighted by Crippen LogP contribution is -2.58. The van der Waals surface area contributed by atoms with E-state index < -0.39 is 0 Å². The molecule has 2 amide bonds. The van der Waals surface area contributed by atoms with Crippen molar-refractivity contribution >= 4 is 11.8 Å². The van der Waals surface area contributed by atoms with Gasteiger partial charge >= 0.3 is 0 Å². The molecule has 9 heteroatoms. The predicted octanol–water partition coefficient (Wildman–Crippen LogP) is 9.57. The topological polar surface area (TPSA) is 151 Å². The Hall–Kier alpha value is -1.26. The number of carbonyl (C=O) groups is 2. The second-order valence-electron chi connectivity index (χ2n) is 26.0. The smallest absolute Gasteiger partial charge is 0.220 e. The van der Waals surface area contributed by atoms with E-state index in [1.807, 2.05) is 0 Å². The van der Waals surface area contributed by atoms with E-state index in [-0.39, 0.29) is 57.9 Å². The summed E-state index contributed by atoms with van der Waals surface area (Å²) in [6, 6.07) is 0. The zero-order chi connectivity index (χ0) is 47.0. The van der Waals surface area contributed by atoms with Crippen molar-refractivity contribution < 1.29 is 30.0 Å². The Balaban J connectivity index is 0.638. The predicted molar refractivity (Wildman–Crippen MR) is 264 cm³/mol. The van der Waals surface area contributed by atoms with Gasteiger partial charge in [0.1, 0.15) is 0 Å². The van der Waals surface area contributed by atoms with Gasteiger partial charge in [-0.1, -0.05) is 48.0 Å². The SMILES string of the molecule is C[C@H](CCC(=O)NCCCCCNCCCCNC(=O)CC[C@@H](C)[C@H]1CC[C@H]2[C@@H]3CC[C@@H]4C[C@H](O)CC[C@]4(C)[C@H]3C[C@H](O)[C@]12C)[C@H]1CC[C@H]2[C@@H]3CC[C@@H]4C[C@H](O)CC[C@]4(C)[C@H]3C[C@H](O)[C@]12C. The van der Waals surface area contributed by atoms with Gasteiger partial charge < -0.3 is 36.4 Å².